The zero-order chi connectivity index (χ0) is 17.1. The first-order valence-corrected chi connectivity index (χ1v) is 8.98. The van der Waals surface area contributed by atoms with Crippen LogP contribution in [0.2, 0.25) is 0 Å². The Kier molecular flexibility index (Phi) is 4.92. The maximum absolute atomic E-state index is 11.2. The Labute approximate surface area is 146 Å². The number of rotatable bonds is 4. The van der Waals surface area contributed by atoms with Crippen molar-refractivity contribution in [1.82, 2.24) is 0 Å². The van der Waals surface area contributed by atoms with Crippen molar-refractivity contribution in [2.45, 2.75) is 48.3 Å². The molecule has 1 N–H and O–H groups in total. The fraction of sp³-hybridized carbons (Fsp3) is 0.300. The fourth-order valence-corrected chi connectivity index (χ4v) is 4.60. The molecule has 3 nitrogen and oxygen atoms in total. The molecular weight excluding hydrogens is 318 g/mol. The summed E-state index contributed by atoms with van der Waals surface area (Å²) in [7, 11) is 0. The van der Waals surface area contributed by atoms with E-state index in [1.165, 1.54) is 16.0 Å². The minimum atomic E-state index is -0.759. The highest BCUT2D eigenvalue weighted by Gasteiger charge is 2.22. The van der Waals surface area contributed by atoms with Gasteiger partial charge in [0.05, 0.1) is 18.1 Å². The second-order valence-electron chi connectivity index (χ2n) is 6.07. The number of hydrogen-bond acceptors (Lipinski definition) is 3. The number of carboxylic acids is 1. The van der Waals surface area contributed by atoms with Crippen LogP contribution >= 0.6 is 11.8 Å². The van der Waals surface area contributed by atoms with Crippen molar-refractivity contribution in [3.05, 3.63) is 58.7 Å². The number of fused-ring (bicyclic) bond motifs is 2. The molecule has 2 aromatic rings. The number of benzene rings is 2. The first-order valence-electron chi connectivity index (χ1n) is 8.16. The summed E-state index contributed by atoms with van der Waals surface area (Å²) in [5.74, 6) is -0.740. The molecule has 0 saturated carbocycles. The second kappa shape index (κ2) is 7.11. The molecule has 1 aliphatic rings. The van der Waals surface area contributed by atoms with Crippen LogP contribution in [-0.4, -0.2) is 11.1 Å². The largest absolute Gasteiger partial charge is 0.481 e. The Bertz CT molecular complexity index is 823. The van der Waals surface area contributed by atoms with Crippen LogP contribution in [0, 0.1) is 11.3 Å². The van der Waals surface area contributed by atoms with Gasteiger partial charge in [0.1, 0.15) is 0 Å². The lowest BCUT2D eigenvalue weighted by Crippen LogP contribution is -2.07. The van der Waals surface area contributed by atoms with Gasteiger partial charge in [-0.25, -0.2) is 0 Å². The molecule has 0 spiro atoms. The topological polar surface area (TPSA) is 61.1 Å². The van der Waals surface area contributed by atoms with Crippen LogP contribution < -0.4 is 0 Å². The quantitative estimate of drug-likeness (QED) is 0.872. The molecule has 2 aromatic carbocycles. The zero-order valence-corrected chi connectivity index (χ0v) is 14.4. The third-order valence-corrected chi connectivity index (χ3v) is 5.85. The highest BCUT2D eigenvalue weighted by Crippen LogP contribution is 2.42. The fourth-order valence-electron chi connectivity index (χ4n) is 3.24. The molecule has 0 aromatic heterocycles. The standard InChI is InChI=1S/C20H19NO2S/c1-2-14(11-19(22)23)17-5-3-4-16-9-8-15-7-6-13(12-21)10-18(15)24-20(16)17/h3-7,10,14H,2,8-9,11H2,1H3,(H,22,23). The number of carbonyl (C=O) groups is 1. The van der Waals surface area contributed by atoms with E-state index in [9.17, 15) is 9.90 Å². The SMILES string of the molecule is CCC(CC(=O)O)c1cccc2c1Sc1cc(C#N)ccc1CC2. The number of aliphatic carboxylic acids is 1. The molecule has 3 rings (SSSR count). The van der Waals surface area contributed by atoms with Crippen LogP contribution in [0.15, 0.2) is 46.2 Å². The summed E-state index contributed by atoms with van der Waals surface area (Å²) in [5.41, 5.74) is 4.32. The van der Waals surface area contributed by atoms with Crippen molar-refractivity contribution in [2.24, 2.45) is 0 Å². The maximum atomic E-state index is 11.2. The monoisotopic (exact) mass is 337 g/mol. The number of nitriles is 1. The summed E-state index contributed by atoms with van der Waals surface area (Å²) >= 11 is 1.69. The van der Waals surface area contributed by atoms with Crippen molar-refractivity contribution in [2.75, 3.05) is 0 Å². The molecule has 122 valence electrons. The van der Waals surface area contributed by atoms with E-state index in [-0.39, 0.29) is 12.3 Å². The van der Waals surface area contributed by atoms with Gasteiger partial charge in [0.15, 0.2) is 0 Å². The highest BCUT2D eigenvalue weighted by atomic mass is 32.2. The van der Waals surface area contributed by atoms with Gasteiger partial charge < -0.3 is 5.11 Å². The number of nitrogens with zero attached hydrogens (tertiary/aromatic N) is 1. The van der Waals surface area contributed by atoms with Gasteiger partial charge in [-0.1, -0.05) is 43.0 Å². The van der Waals surface area contributed by atoms with E-state index in [1.807, 2.05) is 31.2 Å². The summed E-state index contributed by atoms with van der Waals surface area (Å²) in [6.07, 6.45) is 2.84. The number of carboxylic acid groups (broad SMARTS) is 1. The Balaban J connectivity index is 2.06. The van der Waals surface area contributed by atoms with Crippen LogP contribution in [0.4, 0.5) is 0 Å². The predicted molar refractivity (Wildman–Crippen MR) is 94.4 cm³/mol. The first kappa shape index (κ1) is 16.6. The van der Waals surface area contributed by atoms with Crippen LogP contribution in [0.3, 0.4) is 0 Å². The summed E-state index contributed by atoms with van der Waals surface area (Å²) in [6, 6.07) is 14.3. The number of aryl methyl sites for hydroxylation is 2. The molecule has 0 bridgehead atoms. The van der Waals surface area contributed by atoms with E-state index in [0.717, 1.165) is 29.7 Å². The Hall–Kier alpha value is -2.25. The van der Waals surface area contributed by atoms with Gasteiger partial charge in [0.25, 0.3) is 0 Å². The molecule has 4 heteroatoms. The van der Waals surface area contributed by atoms with Crippen molar-refractivity contribution >= 4 is 17.7 Å². The molecule has 24 heavy (non-hydrogen) atoms. The van der Waals surface area contributed by atoms with Crippen LogP contribution in [-0.2, 0) is 17.6 Å². The van der Waals surface area contributed by atoms with Gasteiger partial charge >= 0.3 is 5.97 Å². The maximum Gasteiger partial charge on any atom is 0.303 e. The molecule has 0 radical (unpaired) electrons. The molecule has 0 aliphatic carbocycles. The highest BCUT2D eigenvalue weighted by molar-refractivity contribution is 7.99. The third kappa shape index (κ3) is 3.32. The van der Waals surface area contributed by atoms with E-state index in [4.69, 9.17) is 5.26 Å². The van der Waals surface area contributed by atoms with Crippen LogP contribution in [0.1, 0.15) is 47.9 Å². The molecule has 1 atom stereocenters. The average molecular weight is 337 g/mol. The predicted octanol–water partition coefficient (Wildman–Crippen LogP) is 4.78. The smallest absolute Gasteiger partial charge is 0.303 e. The summed E-state index contributed by atoms with van der Waals surface area (Å²) in [5, 5.41) is 18.4. The molecule has 1 aliphatic heterocycles. The summed E-state index contributed by atoms with van der Waals surface area (Å²) in [4.78, 5) is 13.5. The van der Waals surface area contributed by atoms with Crippen molar-refractivity contribution in [3.8, 4) is 6.07 Å². The third-order valence-electron chi connectivity index (χ3n) is 4.55. The number of hydrogen-bond donors (Lipinski definition) is 1. The lowest BCUT2D eigenvalue weighted by atomic mass is 9.91. The van der Waals surface area contributed by atoms with Gasteiger partial charge in [0, 0.05) is 9.79 Å². The normalized spacial score (nSPS) is 14.0. The van der Waals surface area contributed by atoms with Gasteiger partial charge in [-0.15, -0.1) is 0 Å². The van der Waals surface area contributed by atoms with Gasteiger partial charge in [-0.2, -0.15) is 5.26 Å². The Morgan fingerprint density at radius 3 is 2.79 bits per heavy atom. The van der Waals surface area contributed by atoms with Crippen LogP contribution in [0.25, 0.3) is 0 Å². The van der Waals surface area contributed by atoms with Crippen molar-refractivity contribution < 1.29 is 9.90 Å². The molecular formula is C20H19NO2S. The van der Waals surface area contributed by atoms with Gasteiger partial charge in [0.2, 0.25) is 0 Å². The van der Waals surface area contributed by atoms with E-state index in [1.54, 1.807) is 11.8 Å². The first-order chi connectivity index (χ1) is 11.6. The summed E-state index contributed by atoms with van der Waals surface area (Å²) < 4.78 is 0. The van der Waals surface area contributed by atoms with E-state index in [2.05, 4.69) is 18.2 Å². The summed E-state index contributed by atoms with van der Waals surface area (Å²) in [6.45, 7) is 2.04. The lowest BCUT2D eigenvalue weighted by Gasteiger charge is -2.19. The van der Waals surface area contributed by atoms with Gasteiger partial charge in [-0.05, 0) is 54.0 Å². The molecule has 0 amide bonds. The van der Waals surface area contributed by atoms with E-state index in [0.29, 0.717) is 5.56 Å². The molecule has 1 unspecified atom stereocenters. The molecule has 1 heterocycles. The minimum absolute atomic E-state index is 0.0191. The minimum Gasteiger partial charge on any atom is -0.481 e. The van der Waals surface area contributed by atoms with Gasteiger partial charge in [-0.3, -0.25) is 4.79 Å². The Morgan fingerprint density at radius 2 is 2.08 bits per heavy atom. The zero-order valence-electron chi connectivity index (χ0n) is 13.6. The second-order valence-corrected chi connectivity index (χ2v) is 7.13. The molecule has 0 saturated heterocycles. The van der Waals surface area contributed by atoms with Crippen molar-refractivity contribution in [1.29, 1.82) is 5.26 Å². The average Bonchev–Trinajstić information content (AvgIpc) is 2.77. The van der Waals surface area contributed by atoms with Crippen LogP contribution in [0.5, 0.6) is 0 Å². The van der Waals surface area contributed by atoms with E-state index >= 15 is 0 Å². The van der Waals surface area contributed by atoms with E-state index < -0.39 is 5.97 Å². The Morgan fingerprint density at radius 1 is 1.29 bits per heavy atom. The lowest BCUT2D eigenvalue weighted by molar-refractivity contribution is -0.137. The van der Waals surface area contributed by atoms with Crippen molar-refractivity contribution in [3.63, 3.8) is 0 Å². The molecule has 0 fully saturated rings.